The van der Waals surface area contributed by atoms with Gasteiger partial charge >= 0.3 is 0 Å². The molecule has 110 valence electrons. The standard InChI is InChI=1S/C15H11ClN4O2/c16-11-1-2-12-13(7-11)19-20(18-12)14-6-9(3-4-21)5-10(8-17)15(14)22/h1-2,5-7,21-22H,3-4H2. The van der Waals surface area contributed by atoms with E-state index in [2.05, 4.69) is 10.2 Å². The molecule has 3 aromatic rings. The van der Waals surface area contributed by atoms with Crippen LogP contribution in [0.2, 0.25) is 5.02 Å². The minimum atomic E-state index is -0.199. The fourth-order valence-electron chi connectivity index (χ4n) is 2.18. The third-order valence-electron chi connectivity index (χ3n) is 3.23. The molecule has 0 aliphatic carbocycles. The summed E-state index contributed by atoms with van der Waals surface area (Å²) >= 11 is 5.92. The van der Waals surface area contributed by atoms with E-state index in [9.17, 15) is 5.11 Å². The van der Waals surface area contributed by atoms with Gasteiger partial charge in [0.15, 0.2) is 5.75 Å². The van der Waals surface area contributed by atoms with Gasteiger partial charge in [-0.25, -0.2) is 0 Å². The number of phenolic OH excluding ortho intramolecular Hbond substituents is 1. The third-order valence-corrected chi connectivity index (χ3v) is 3.46. The van der Waals surface area contributed by atoms with Crippen LogP contribution in [0, 0.1) is 11.3 Å². The van der Waals surface area contributed by atoms with E-state index < -0.39 is 0 Å². The second kappa shape index (κ2) is 5.64. The van der Waals surface area contributed by atoms with Crippen LogP contribution in [0.25, 0.3) is 16.7 Å². The Morgan fingerprint density at radius 3 is 2.68 bits per heavy atom. The molecule has 0 saturated carbocycles. The maximum atomic E-state index is 10.2. The minimum absolute atomic E-state index is 0.0563. The highest BCUT2D eigenvalue weighted by Gasteiger charge is 2.14. The van der Waals surface area contributed by atoms with E-state index in [1.54, 1.807) is 24.3 Å². The number of nitriles is 1. The maximum absolute atomic E-state index is 10.2. The molecule has 2 N–H and O–H groups in total. The molecule has 0 bridgehead atoms. The number of phenols is 1. The van der Waals surface area contributed by atoms with Gasteiger partial charge in [0.25, 0.3) is 0 Å². The van der Waals surface area contributed by atoms with E-state index in [0.717, 1.165) is 0 Å². The van der Waals surface area contributed by atoms with Crippen LogP contribution in [0.4, 0.5) is 0 Å². The van der Waals surface area contributed by atoms with Crippen LogP contribution < -0.4 is 0 Å². The minimum Gasteiger partial charge on any atom is -0.504 e. The number of halogens is 1. The monoisotopic (exact) mass is 314 g/mol. The number of rotatable bonds is 3. The van der Waals surface area contributed by atoms with Crippen LogP contribution in [-0.4, -0.2) is 31.8 Å². The van der Waals surface area contributed by atoms with Gasteiger partial charge in [0.05, 0.1) is 5.56 Å². The highest BCUT2D eigenvalue weighted by Crippen LogP contribution is 2.28. The second-order valence-electron chi connectivity index (χ2n) is 4.72. The molecular weight excluding hydrogens is 304 g/mol. The molecule has 1 aromatic heterocycles. The molecular formula is C15H11ClN4O2. The van der Waals surface area contributed by atoms with E-state index in [1.165, 1.54) is 10.9 Å². The summed E-state index contributed by atoms with van der Waals surface area (Å²) in [7, 11) is 0. The van der Waals surface area contributed by atoms with Crippen LogP contribution in [-0.2, 0) is 6.42 Å². The number of aliphatic hydroxyl groups is 1. The van der Waals surface area contributed by atoms with E-state index in [1.807, 2.05) is 6.07 Å². The highest BCUT2D eigenvalue weighted by molar-refractivity contribution is 6.31. The Bertz CT molecular complexity index is 898. The Morgan fingerprint density at radius 2 is 1.95 bits per heavy atom. The number of nitrogens with zero attached hydrogens (tertiary/aromatic N) is 4. The van der Waals surface area contributed by atoms with E-state index >= 15 is 0 Å². The van der Waals surface area contributed by atoms with Gasteiger partial charge in [-0.15, -0.1) is 15.0 Å². The molecule has 0 radical (unpaired) electrons. The highest BCUT2D eigenvalue weighted by atomic mass is 35.5. The fraction of sp³-hybridized carbons (Fsp3) is 0.133. The zero-order chi connectivity index (χ0) is 15.7. The molecule has 22 heavy (non-hydrogen) atoms. The molecule has 2 aromatic carbocycles. The zero-order valence-electron chi connectivity index (χ0n) is 11.4. The first-order valence-electron chi connectivity index (χ1n) is 6.52. The van der Waals surface area contributed by atoms with E-state index in [4.69, 9.17) is 22.0 Å². The van der Waals surface area contributed by atoms with Crippen molar-refractivity contribution in [2.24, 2.45) is 0 Å². The van der Waals surface area contributed by atoms with Crippen molar-refractivity contribution in [1.29, 1.82) is 5.26 Å². The molecule has 7 heteroatoms. The van der Waals surface area contributed by atoms with Gasteiger partial charge in [-0.2, -0.15) is 5.26 Å². The van der Waals surface area contributed by atoms with Gasteiger partial charge in [-0.1, -0.05) is 11.6 Å². The predicted molar refractivity (Wildman–Crippen MR) is 81.0 cm³/mol. The lowest BCUT2D eigenvalue weighted by Crippen LogP contribution is -2.02. The smallest absolute Gasteiger partial charge is 0.160 e. The number of hydrogen-bond acceptors (Lipinski definition) is 5. The van der Waals surface area contributed by atoms with Crippen molar-refractivity contribution < 1.29 is 10.2 Å². The third kappa shape index (κ3) is 2.48. The summed E-state index contributed by atoms with van der Waals surface area (Å²) in [5.41, 5.74) is 2.31. The largest absolute Gasteiger partial charge is 0.504 e. The molecule has 0 spiro atoms. The van der Waals surface area contributed by atoms with Crippen LogP contribution in [0.3, 0.4) is 0 Å². The molecule has 6 nitrogen and oxygen atoms in total. The van der Waals surface area contributed by atoms with Gasteiger partial charge < -0.3 is 10.2 Å². The van der Waals surface area contributed by atoms with Crippen molar-refractivity contribution >= 4 is 22.6 Å². The average molecular weight is 315 g/mol. The fourth-order valence-corrected chi connectivity index (χ4v) is 2.35. The van der Waals surface area contributed by atoms with Gasteiger partial charge in [0, 0.05) is 11.6 Å². The lowest BCUT2D eigenvalue weighted by atomic mass is 10.1. The SMILES string of the molecule is N#Cc1cc(CCO)cc(-n2nc3ccc(Cl)cc3n2)c1O. The quantitative estimate of drug-likeness (QED) is 0.772. The number of fused-ring (bicyclic) bond motifs is 1. The van der Waals surface area contributed by atoms with Crippen molar-refractivity contribution in [3.8, 4) is 17.5 Å². The van der Waals surface area contributed by atoms with Crippen molar-refractivity contribution in [3.05, 3.63) is 46.5 Å². The molecule has 0 saturated heterocycles. The number of aromatic nitrogens is 3. The van der Waals surface area contributed by atoms with Crippen LogP contribution in [0.1, 0.15) is 11.1 Å². The van der Waals surface area contributed by atoms with E-state index in [0.29, 0.717) is 28.0 Å². The summed E-state index contributed by atoms with van der Waals surface area (Å²) in [6.45, 7) is -0.0563. The van der Waals surface area contributed by atoms with Crippen molar-refractivity contribution in [2.75, 3.05) is 6.61 Å². The van der Waals surface area contributed by atoms with Crippen LogP contribution >= 0.6 is 11.6 Å². The first-order chi connectivity index (χ1) is 10.6. The molecule has 3 rings (SSSR count). The van der Waals surface area contributed by atoms with Crippen molar-refractivity contribution in [2.45, 2.75) is 6.42 Å². The van der Waals surface area contributed by atoms with Crippen molar-refractivity contribution in [3.63, 3.8) is 0 Å². The molecule has 0 unspecified atom stereocenters. The number of hydrogen-bond donors (Lipinski definition) is 2. The summed E-state index contributed by atoms with van der Waals surface area (Å²) in [5.74, 6) is -0.199. The molecule has 0 aliphatic rings. The number of aliphatic hydroxyl groups excluding tert-OH is 1. The first-order valence-corrected chi connectivity index (χ1v) is 6.90. The Labute approximate surface area is 130 Å². The Hall–Kier alpha value is -2.62. The number of benzene rings is 2. The molecule has 0 fully saturated rings. The Kier molecular flexibility index (Phi) is 3.67. The maximum Gasteiger partial charge on any atom is 0.160 e. The Morgan fingerprint density at radius 1 is 1.18 bits per heavy atom. The van der Waals surface area contributed by atoms with Gasteiger partial charge in [0.2, 0.25) is 0 Å². The van der Waals surface area contributed by atoms with E-state index in [-0.39, 0.29) is 23.6 Å². The molecule has 0 aliphatic heterocycles. The van der Waals surface area contributed by atoms with Gasteiger partial charge in [-0.3, -0.25) is 0 Å². The number of aromatic hydroxyl groups is 1. The van der Waals surface area contributed by atoms with Crippen LogP contribution in [0.5, 0.6) is 5.75 Å². The molecule has 1 heterocycles. The van der Waals surface area contributed by atoms with Gasteiger partial charge in [0.1, 0.15) is 22.8 Å². The molecule has 0 atom stereocenters. The lowest BCUT2D eigenvalue weighted by Gasteiger charge is -2.08. The summed E-state index contributed by atoms with van der Waals surface area (Å²) < 4.78 is 0. The average Bonchev–Trinajstić information content (AvgIpc) is 2.91. The summed E-state index contributed by atoms with van der Waals surface area (Å²) in [4.78, 5) is 1.26. The van der Waals surface area contributed by atoms with Gasteiger partial charge in [-0.05, 0) is 42.3 Å². The normalized spacial score (nSPS) is 10.8. The Balaban J connectivity index is 2.20. The first kappa shape index (κ1) is 14.3. The van der Waals surface area contributed by atoms with Crippen molar-refractivity contribution in [1.82, 2.24) is 15.0 Å². The predicted octanol–water partition coefficient (Wildman–Crippen LogP) is 2.19. The lowest BCUT2D eigenvalue weighted by molar-refractivity contribution is 0.299. The summed E-state index contributed by atoms with van der Waals surface area (Å²) in [6.07, 6.45) is 0.370. The topological polar surface area (TPSA) is 95.0 Å². The molecule has 0 amide bonds. The zero-order valence-corrected chi connectivity index (χ0v) is 12.1. The summed E-state index contributed by atoms with van der Waals surface area (Å²) in [5, 5.41) is 37.5. The van der Waals surface area contributed by atoms with Crippen LogP contribution in [0.15, 0.2) is 30.3 Å². The summed E-state index contributed by atoms with van der Waals surface area (Å²) in [6, 6.07) is 10.2. The second-order valence-corrected chi connectivity index (χ2v) is 5.16.